The highest BCUT2D eigenvalue weighted by Crippen LogP contribution is 2.29. The van der Waals surface area contributed by atoms with Crippen molar-refractivity contribution in [1.82, 2.24) is 4.90 Å². The zero-order chi connectivity index (χ0) is 20.9. The van der Waals surface area contributed by atoms with Gasteiger partial charge < -0.3 is 18.9 Å². The summed E-state index contributed by atoms with van der Waals surface area (Å²) in [7, 11) is 1.32. The predicted molar refractivity (Wildman–Crippen MR) is 104 cm³/mol. The molecule has 0 N–H and O–H groups in total. The molecular weight excluding hydrogens is 362 g/mol. The van der Waals surface area contributed by atoms with Gasteiger partial charge in [0.15, 0.2) is 5.79 Å². The fourth-order valence-electron chi connectivity index (χ4n) is 3.02. The van der Waals surface area contributed by atoms with Crippen LogP contribution in [0.1, 0.15) is 46.6 Å². The zero-order valence-electron chi connectivity index (χ0n) is 17.6. The lowest BCUT2D eigenvalue weighted by Gasteiger charge is -2.35. The smallest absolute Gasteiger partial charge is 0.410 e. The molecule has 1 fully saturated rings. The van der Waals surface area contributed by atoms with Crippen molar-refractivity contribution in [3.8, 4) is 0 Å². The first-order valence-corrected chi connectivity index (χ1v) is 9.43. The van der Waals surface area contributed by atoms with Crippen LogP contribution in [-0.2, 0) is 30.3 Å². The topological polar surface area (TPSA) is 74.3 Å². The fourth-order valence-corrected chi connectivity index (χ4v) is 3.02. The highest BCUT2D eigenvalue weighted by molar-refractivity contribution is 5.73. The van der Waals surface area contributed by atoms with Crippen molar-refractivity contribution in [2.75, 3.05) is 13.7 Å². The second-order valence-electron chi connectivity index (χ2n) is 8.31. The summed E-state index contributed by atoms with van der Waals surface area (Å²) in [6.07, 6.45) is -1.02. The molecule has 0 spiro atoms. The number of hydrogen-bond donors (Lipinski definition) is 0. The van der Waals surface area contributed by atoms with Gasteiger partial charge >= 0.3 is 12.1 Å². The van der Waals surface area contributed by atoms with E-state index in [4.69, 9.17) is 18.9 Å². The number of carbonyl (C=O) groups excluding carboxylic acids is 2. The molecular formula is C21H31NO6. The highest BCUT2D eigenvalue weighted by Gasteiger charge is 2.43. The van der Waals surface area contributed by atoms with Crippen molar-refractivity contribution < 1.29 is 28.5 Å². The molecule has 1 heterocycles. The lowest BCUT2D eigenvalue weighted by Crippen LogP contribution is -2.50. The van der Waals surface area contributed by atoms with E-state index in [1.54, 1.807) is 34.6 Å². The van der Waals surface area contributed by atoms with E-state index in [1.165, 1.54) is 12.0 Å². The van der Waals surface area contributed by atoms with Gasteiger partial charge in [-0.3, -0.25) is 9.69 Å². The van der Waals surface area contributed by atoms with Crippen molar-refractivity contribution >= 4 is 12.1 Å². The van der Waals surface area contributed by atoms with Crippen LogP contribution >= 0.6 is 0 Å². The van der Waals surface area contributed by atoms with Gasteiger partial charge in [0.2, 0.25) is 0 Å². The minimum atomic E-state index is -0.786. The van der Waals surface area contributed by atoms with Crippen LogP contribution < -0.4 is 0 Å². The van der Waals surface area contributed by atoms with Gasteiger partial charge in [0, 0.05) is 6.54 Å². The van der Waals surface area contributed by atoms with Gasteiger partial charge in [-0.25, -0.2) is 4.79 Å². The quantitative estimate of drug-likeness (QED) is 0.689. The van der Waals surface area contributed by atoms with Crippen LogP contribution in [0.25, 0.3) is 0 Å². The summed E-state index contributed by atoms with van der Waals surface area (Å²) in [6.45, 7) is 9.56. The molecule has 7 heteroatoms. The molecule has 0 aromatic heterocycles. The minimum absolute atomic E-state index is 0.0211. The monoisotopic (exact) mass is 393 g/mol. The number of amides is 1. The Hall–Kier alpha value is -2.12. The Balaban J connectivity index is 2.35. The van der Waals surface area contributed by atoms with Gasteiger partial charge in [-0.05, 0) is 40.2 Å². The molecule has 7 nitrogen and oxygen atoms in total. The number of carbonyl (C=O) groups is 2. The van der Waals surface area contributed by atoms with Crippen molar-refractivity contribution in [2.45, 2.75) is 71.1 Å². The lowest BCUT2D eigenvalue weighted by molar-refractivity contribution is -0.154. The average Bonchev–Trinajstić information content (AvgIpc) is 2.96. The first-order valence-electron chi connectivity index (χ1n) is 9.43. The summed E-state index contributed by atoms with van der Waals surface area (Å²) in [5.74, 6) is -1.22. The minimum Gasteiger partial charge on any atom is -0.469 e. The second-order valence-corrected chi connectivity index (χ2v) is 8.31. The molecule has 1 aromatic carbocycles. The molecule has 0 unspecified atom stereocenters. The molecule has 1 aromatic rings. The number of rotatable bonds is 6. The number of esters is 1. The maximum atomic E-state index is 13.0. The van der Waals surface area contributed by atoms with E-state index in [-0.39, 0.29) is 19.6 Å². The van der Waals surface area contributed by atoms with Gasteiger partial charge in [0.1, 0.15) is 11.7 Å². The maximum absolute atomic E-state index is 13.0. The number of benzene rings is 1. The molecule has 1 amide bonds. The Labute approximate surface area is 166 Å². The van der Waals surface area contributed by atoms with Gasteiger partial charge in [-0.2, -0.15) is 0 Å². The van der Waals surface area contributed by atoms with E-state index in [2.05, 4.69) is 0 Å². The van der Waals surface area contributed by atoms with Crippen LogP contribution in [0.5, 0.6) is 0 Å². The summed E-state index contributed by atoms with van der Waals surface area (Å²) in [5, 5.41) is 0. The predicted octanol–water partition coefficient (Wildman–Crippen LogP) is 3.51. The lowest BCUT2D eigenvalue weighted by atomic mass is 10.0. The zero-order valence-corrected chi connectivity index (χ0v) is 17.6. The molecule has 1 aliphatic heterocycles. The number of hydrogen-bond acceptors (Lipinski definition) is 6. The number of ether oxygens (including phenoxy) is 4. The van der Waals surface area contributed by atoms with Gasteiger partial charge in [-0.1, -0.05) is 30.3 Å². The SMILES string of the molecule is COC(=O)C[C@H]([C@H]1COC(C)(C)O1)N(Cc1ccccc1)C(=O)OC(C)(C)C. The van der Waals surface area contributed by atoms with Crippen LogP contribution in [0.4, 0.5) is 4.79 Å². The van der Waals surface area contributed by atoms with Gasteiger partial charge in [0.05, 0.1) is 26.2 Å². The Kier molecular flexibility index (Phi) is 7.06. The van der Waals surface area contributed by atoms with Crippen molar-refractivity contribution in [2.24, 2.45) is 0 Å². The molecule has 0 saturated carbocycles. The van der Waals surface area contributed by atoms with E-state index < -0.39 is 35.6 Å². The molecule has 28 heavy (non-hydrogen) atoms. The molecule has 0 bridgehead atoms. The van der Waals surface area contributed by atoms with E-state index in [1.807, 2.05) is 30.3 Å². The summed E-state index contributed by atoms with van der Waals surface area (Å²) < 4.78 is 22.1. The molecule has 1 aliphatic rings. The van der Waals surface area contributed by atoms with Crippen LogP contribution in [0, 0.1) is 0 Å². The molecule has 2 atom stereocenters. The standard InChI is InChI=1S/C21H31NO6/c1-20(2,3)28-19(24)22(13-15-10-8-7-9-11-15)16(12-18(23)25-6)17-14-26-21(4,5)27-17/h7-11,16-17H,12-14H2,1-6H3/t16-,17-/m1/s1. The van der Waals surface area contributed by atoms with Crippen molar-refractivity contribution in [1.29, 1.82) is 0 Å². The summed E-state index contributed by atoms with van der Waals surface area (Å²) in [6, 6.07) is 8.95. The van der Waals surface area contributed by atoms with Crippen LogP contribution in [-0.4, -0.2) is 54.2 Å². The molecule has 0 radical (unpaired) electrons. The summed E-state index contributed by atoms with van der Waals surface area (Å²) in [5.41, 5.74) is 0.245. The first-order chi connectivity index (χ1) is 13.0. The fraction of sp³-hybridized carbons (Fsp3) is 0.619. The van der Waals surface area contributed by atoms with E-state index in [9.17, 15) is 9.59 Å². The van der Waals surface area contributed by atoms with Crippen LogP contribution in [0.15, 0.2) is 30.3 Å². The summed E-state index contributed by atoms with van der Waals surface area (Å²) in [4.78, 5) is 26.7. The highest BCUT2D eigenvalue weighted by atomic mass is 16.7. The third kappa shape index (κ3) is 6.49. The van der Waals surface area contributed by atoms with Crippen LogP contribution in [0.3, 0.4) is 0 Å². The number of nitrogens with zero attached hydrogens (tertiary/aromatic N) is 1. The van der Waals surface area contributed by atoms with Gasteiger partial charge in [-0.15, -0.1) is 0 Å². The normalized spacial score (nSPS) is 19.7. The molecule has 156 valence electrons. The van der Waals surface area contributed by atoms with Crippen molar-refractivity contribution in [3.63, 3.8) is 0 Å². The molecule has 2 rings (SSSR count). The van der Waals surface area contributed by atoms with E-state index in [0.717, 1.165) is 5.56 Å². The van der Waals surface area contributed by atoms with E-state index in [0.29, 0.717) is 0 Å². The first kappa shape index (κ1) is 22.2. The Morgan fingerprint density at radius 1 is 1.25 bits per heavy atom. The van der Waals surface area contributed by atoms with Gasteiger partial charge in [0.25, 0.3) is 0 Å². The van der Waals surface area contributed by atoms with E-state index >= 15 is 0 Å². The van der Waals surface area contributed by atoms with Crippen LogP contribution in [0.2, 0.25) is 0 Å². The number of methoxy groups -OCH3 is 1. The second kappa shape index (κ2) is 8.92. The third-order valence-corrected chi connectivity index (χ3v) is 4.29. The third-order valence-electron chi connectivity index (χ3n) is 4.29. The Bertz CT molecular complexity index is 667. The average molecular weight is 393 g/mol. The maximum Gasteiger partial charge on any atom is 0.410 e. The largest absolute Gasteiger partial charge is 0.469 e. The molecule has 1 saturated heterocycles. The van der Waals surface area contributed by atoms with Crippen molar-refractivity contribution in [3.05, 3.63) is 35.9 Å². The Morgan fingerprint density at radius 2 is 1.89 bits per heavy atom. The Morgan fingerprint density at radius 3 is 2.39 bits per heavy atom. The molecule has 0 aliphatic carbocycles. The summed E-state index contributed by atoms with van der Waals surface area (Å²) >= 11 is 0.